The number of aryl methyl sites for hydroxylation is 1. The van der Waals surface area contributed by atoms with Gasteiger partial charge in [0.05, 0.1) is 11.1 Å². The summed E-state index contributed by atoms with van der Waals surface area (Å²) in [6.07, 6.45) is 1.97. The molecule has 112 valence electrons. The van der Waals surface area contributed by atoms with E-state index in [1.165, 1.54) is 0 Å². The number of anilines is 2. The molecule has 0 aliphatic carbocycles. The van der Waals surface area contributed by atoms with Crippen LogP contribution in [-0.2, 0) is 7.05 Å². The molecule has 0 radical (unpaired) electrons. The van der Waals surface area contributed by atoms with E-state index in [1.807, 2.05) is 85.3 Å². The van der Waals surface area contributed by atoms with Gasteiger partial charge in [0.1, 0.15) is 0 Å². The summed E-state index contributed by atoms with van der Waals surface area (Å²) in [6.45, 7) is 0. The van der Waals surface area contributed by atoms with Gasteiger partial charge in [0, 0.05) is 44.1 Å². The van der Waals surface area contributed by atoms with E-state index in [0.29, 0.717) is 5.56 Å². The predicted molar refractivity (Wildman–Crippen MR) is 91.6 cm³/mol. The minimum atomic E-state index is -0.0926. The fourth-order valence-electron chi connectivity index (χ4n) is 2.58. The molecule has 1 heterocycles. The maximum atomic E-state index is 12.6. The third kappa shape index (κ3) is 2.55. The molecule has 22 heavy (non-hydrogen) atoms. The van der Waals surface area contributed by atoms with Crippen molar-refractivity contribution in [3.05, 3.63) is 60.3 Å². The summed E-state index contributed by atoms with van der Waals surface area (Å²) in [5.41, 5.74) is 3.52. The van der Waals surface area contributed by atoms with Crippen molar-refractivity contribution in [1.82, 2.24) is 4.57 Å². The highest BCUT2D eigenvalue weighted by molar-refractivity contribution is 6.12. The fourth-order valence-corrected chi connectivity index (χ4v) is 2.58. The molecule has 0 saturated heterocycles. The first kappa shape index (κ1) is 14.2. The summed E-state index contributed by atoms with van der Waals surface area (Å²) in [5.74, 6) is -0.0926. The first-order valence-corrected chi connectivity index (χ1v) is 7.19. The van der Waals surface area contributed by atoms with Gasteiger partial charge >= 0.3 is 0 Å². The van der Waals surface area contributed by atoms with Crippen LogP contribution in [0.25, 0.3) is 10.9 Å². The predicted octanol–water partition coefficient (Wildman–Crippen LogP) is 3.50. The van der Waals surface area contributed by atoms with Crippen LogP contribution >= 0.6 is 0 Å². The molecule has 2 aromatic carbocycles. The lowest BCUT2D eigenvalue weighted by atomic mass is 10.1. The average molecular weight is 293 g/mol. The van der Waals surface area contributed by atoms with Gasteiger partial charge in [-0.05, 0) is 36.4 Å². The zero-order chi connectivity index (χ0) is 15.7. The maximum absolute atomic E-state index is 12.6. The highest BCUT2D eigenvalue weighted by Gasteiger charge is 2.12. The van der Waals surface area contributed by atoms with Crippen LogP contribution in [0.1, 0.15) is 10.4 Å². The van der Waals surface area contributed by atoms with Gasteiger partial charge in [-0.3, -0.25) is 4.79 Å². The van der Waals surface area contributed by atoms with E-state index in [-0.39, 0.29) is 5.91 Å². The third-order valence-electron chi connectivity index (χ3n) is 3.78. The van der Waals surface area contributed by atoms with Crippen LogP contribution in [0.4, 0.5) is 11.4 Å². The molecule has 0 aliphatic rings. The number of benzene rings is 2. The van der Waals surface area contributed by atoms with Crippen LogP contribution in [0.2, 0.25) is 0 Å². The van der Waals surface area contributed by atoms with Gasteiger partial charge in [-0.25, -0.2) is 0 Å². The van der Waals surface area contributed by atoms with Crippen molar-refractivity contribution in [3.8, 4) is 0 Å². The van der Waals surface area contributed by atoms with Gasteiger partial charge in [0.25, 0.3) is 5.91 Å². The Kier molecular flexibility index (Phi) is 3.59. The number of fused-ring (bicyclic) bond motifs is 1. The molecule has 4 heteroatoms. The van der Waals surface area contributed by atoms with Crippen molar-refractivity contribution < 1.29 is 4.79 Å². The number of rotatable bonds is 3. The number of hydrogen-bond acceptors (Lipinski definition) is 2. The Balaban J connectivity index is 1.88. The molecule has 0 fully saturated rings. The lowest BCUT2D eigenvalue weighted by Gasteiger charge is -2.13. The molecule has 3 aromatic rings. The Labute approximate surface area is 130 Å². The lowest BCUT2D eigenvalue weighted by Crippen LogP contribution is -2.13. The van der Waals surface area contributed by atoms with Gasteiger partial charge in [-0.1, -0.05) is 12.1 Å². The van der Waals surface area contributed by atoms with E-state index in [2.05, 4.69) is 5.32 Å². The van der Waals surface area contributed by atoms with Gasteiger partial charge in [-0.15, -0.1) is 0 Å². The first-order chi connectivity index (χ1) is 10.6. The Morgan fingerprint density at radius 3 is 2.45 bits per heavy atom. The second-order valence-corrected chi connectivity index (χ2v) is 5.57. The molecule has 0 unspecified atom stereocenters. The topological polar surface area (TPSA) is 37.3 Å². The molecule has 1 N–H and O–H groups in total. The summed E-state index contributed by atoms with van der Waals surface area (Å²) < 4.78 is 1.97. The summed E-state index contributed by atoms with van der Waals surface area (Å²) >= 11 is 0. The Hall–Kier alpha value is -2.75. The molecule has 0 atom stereocenters. The smallest absolute Gasteiger partial charge is 0.257 e. The highest BCUT2D eigenvalue weighted by Crippen LogP contribution is 2.21. The van der Waals surface area contributed by atoms with E-state index in [4.69, 9.17) is 0 Å². The minimum absolute atomic E-state index is 0.0926. The molecule has 0 aliphatic heterocycles. The van der Waals surface area contributed by atoms with Crippen molar-refractivity contribution in [2.24, 2.45) is 7.05 Å². The van der Waals surface area contributed by atoms with Crippen molar-refractivity contribution >= 4 is 28.2 Å². The molecule has 3 rings (SSSR count). The van der Waals surface area contributed by atoms with Gasteiger partial charge in [0.2, 0.25) is 0 Å². The SMILES string of the molecule is CN(C)c1ccc(NC(=O)c2cccc3ccn(C)c23)cc1. The first-order valence-electron chi connectivity index (χ1n) is 7.19. The van der Waals surface area contributed by atoms with Crippen molar-refractivity contribution in [2.45, 2.75) is 0 Å². The largest absolute Gasteiger partial charge is 0.378 e. The number of carbonyl (C=O) groups excluding carboxylic acids is 1. The zero-order valence-corrected chi connectivity index (χ0v) is 13.0. The number of carbonyl (C=O) groups is 1. The summed E-state index contributed by atoms with van der Waals surface area (Å²) in [5, 5.41) is 4.03. The van der Waals surface area contributed by atoms with E-state index >= 15 is 0 Å². The van der Waals surface area contributed by atoms with Crippen LogP contribution in [-0.4, -0.2) is 24.6 Å². The Morgan fingerprint density at radius 2 is 1.77 bits per heavy atom. The number of amides is 1. The Morgan fingerprint density at radius 1 is 1.05 bits per heavy atom. The minimum Gasteiger partial charge on any atom is -0.378 e. The van der Waals surface area contributed by atoms with Crippen LogP contribution in [0.3, 0.4) is 0 Å². The molecule has 1 aromatic heterocycles. The Bertz CT molecular complexity index is 816. The normalized spacial score (nSPS) is 10.7. The maximum Gasteiger partial charge on any atom is 0.257 e. The molecule has 0 spiro atoms. The standard InChI is InChI=1S/C18H19N3O/c1-20(2)15-9-7-14(8-10-15)19-18(22)16-6-4-5-13-11-12-21(3)17(13)16/h4-12H,1-3H3,(H,19,22). The second-order valence-electron chi connectivity index (χ2n) is 5.57. The van der Waals surface area contributed by atoms with Gasteiger partial charge in [0.15, 0.2) is 0 Å². The second kappa shape index (κ2) is 5.56. The molecule has 4 nitrogen and oxygen atoms in total. The summed E-state index contributed by atoms with van der Waals surface area (Å²) in [6, 6.07) is 15.6. The van der Waals surface area contributed by atoms with Crippen molar-refractivity contribution in [3.63, 3.8) is 0 Å². The van der Waals surface area contributed by atoms with Crippen molar-refractivity contribution in [1.29, 1.82) is 0 Å². The number of nitrogens with zero attached hydrogens (tertiary/aromatic N) is 2. The number of para-hydroxylation sites is 1. The number of nitrogens with one attached hydrogen (secondary N) is 1. The van der Waals surface area contributed by atoms with Gasteiger partial charge in [-0.2, -0.15) is 0 Å². The number of hydrogen-bond donors (Lipinski definition) is 1. The van der Waals surface area contributed by atoms with E-state index < -0.39 is 0 Å². The average Bonchev–Trinajstić information content (AvgIpc) is 2.89. The molecule has 1 amide bonds. The third-order valence-corrected chi connectivity index (χ3v) is 3.78. The summed E-state index contributed by atoms with van der Waals surface area (Å²) in [7, 11) is 5.93. The molecule has 0 saturated carbocycles. The van der Waals surface area contributed by atoms with Crippen LogP contribution in [0, 0.1) is 0 Å². The van der Waals surface area contributed by atoms with Crippen molar-refractivity contribution in [2.75, 3.05) is 24.3 Å². The van der Waals surface area contributed by atoms with Gasteiger partial charge < -0.3 is 14.8 Å². The molecular formula is C18H19N3O. The number of aromatic nitrogens is 1. The quantitative estimate of drug-likeness (QED) is 0.802. The van der Waals surface area contributed by atoms with E-state index in [0.717, 1.165) is 22.3 Å². The monoisotopic (exact) mass is 293 g/mol. The van der Waals surface area contributed by atoms with E-state index in [9.17, 15) is 4.79 Å². The molecular weight excluding hydrogens is 274 g/mol. The summed E-state index contributed by atoms with van der Waals surface area (Å²) in [4.78, 5) is 14.6. The highest BCUT2D eigenvalue weighted by atomic mass is 16.1. The van der Waals surface area contributed by atoms with Crippen LogP contribution in [0.5, 0.6) is 0 Å². The molecule has 0 bridgehead atoms. The zero-order valence-electron chi connectivity index (χ0n) is 13.0. The van der Waals surface area contributed by atoms with E-state index in [1.54, 1.807) is 0 Å². The van der Waals surface area contributed by atoms with Crippen LogP contribution in [0.15, 0.2) is 54.7 Å². The fraction of sp³-hybridized carbons (Fsp3) is 0.167. The lowest BCUT2D eigenvalue weighted by molar-refractivity contribution is 0.102. The van der Waals surface area contributed by atoms with Crippen LogP contribution < -0.4 is 10.2 Å².